The minimum absolute atomic E-state index is 0. The monoisotopic (exact) mass is 431 g/mol. The predicted octanol–water partition coefficient (Wildman–Crippen LogP) is 1.61. The van der Waals surface area contributed by atoms with Crippen molar-refractivity contribution in [3.8, 4) is 5.88 Å². The first-order valence-electron chi connectivity index (χ1n) is 7.99. The molecule has 0 radical (unpaired) electrons. The second kappa shape index (κ2) is 8.68. The lowest BCUT2D eigenvalue weighted by molar-refractivity contribution is 0.321. The van der Waals surface area contributed by atoms with Gasteiger partial charge in [-0.15, -0.1) is 24.0 Å². The molecule has 23 heavy (non-hydrogen) atoms. The first-order chi connectivity index (χ1) is 10.8. The van der Waals surface area contributed by atoms with Gasteiger partial charge in [0.05, 0.1) is 19.3 Å². The summed E-state index contributed by atoms with van der Waals surface area (Å²) in [6.45, 7) is 2.97. The SMILES string of the molecule is CN=C(NCc1cccc(OC)n1)NC1CCN(C2CC2)C1.I. The molecule has 1 atom stereocenters. The number of aromatic nitrogens is 1. The van der Waals surface area contributed by atoms with Gasteiger partial charge in [-0.1, -0.05) is 6.07 Å². The number of nitrogens with one attached hydrogen (secondary N) is 2. The van der Waals surface area contributed by atoms with Gasteiger partial charge in [0, 0.05) is 38.3 Å². The smallest absolute Gasteiger partial charge is 0.213 e. The normalized spacial score (nSPS) is 21.7. The van der Waals surface area contributed by atoms with Crippen molar-refractivity contribution in [2.45, 2.75) is 37.9 Å². The van der Waals surface area contributed by atoms with Crippen LogP contribution < -0.4 is 15.4 Å². The summed E-state index contributed by atoms with van der Waals surface area (Å²) in [5, 5.41) is 6.84. The van der Waals surface area contributed by atoms with E-state index in [9.17, 15) is 0 Å². The lowest BCUT2D eigenvalue weighted by Gasteiger charge is -2.18. The summed E-state index contributed by atoms with van der Waals surface area (Å²) in [7, 11) is 3.44. The molecule has 1 saturated carbocycles. The largest absolute Gasteiger partial charge is 0.481 e. The van der Waals surface area contributed by atoms with E-state index in [4.69, 9.17) is 4.74 Å². The first kappa shape index (κ1) is 18.3. The molecule has 3 rings (SSSR count). The topological polar surface area (TPSA) is 61.8 Å². The average Bonchev–Trinajstić information content (AvgIpc) is 3.31. The number of hydrogen-bond acceptors (Lipinski definition) is 4. The number of aliphatic imine (C=N–C) groups is 1. The number of methoxy groups -OCH3 is 1. The Labute approximate surface area is 155 Å². The van der Waals surface area contributed by atoms with Gasteiger partial charge in [0.25, 0.3) is 0 Å². The van der Waals surface area contributed by atoms with Crippen LogP contribution in [0.5, 0.6) is 5.88 Å². The molecule has 1 aliphatic carbocycles. The molecule has 0 spiro atoms. The number of hydrogen-bond donors (Lipinski definition) is 2. The summed E-state index contributed by atoms with van der Waals surface area (Å²) < 4.78 is 5.15. The lowest BCUT2D eigenvalue weighted by atomic mass is 10.3. The Balaban J connectivity index is 0.00000192. The van der Waals surface area contributed by atoms with Crippen LogP contribution in [0.2, 0.25) is 0 Å². The van der Waals surface area contributed by atoms with Crippen LogP contribution in [-0.4, -0.2) is 55.2 Å². The maximum absolute atomic E-state index is 5.15. The van der Waals surface area contributed by atoms with Crippen molar-refractivity contribution in [3.05, 3.63) is 23.9 Å². The quantitative estimate of drug-likeness (QED) is 0.422. The van der Waals surface area contributed by atoms with Crippen molar-refractivity contribution >= 4 is 29.9 Å². The van der Waals surface area contributed by atoms with E-state index in [0.717, 1.165) is 24.2 Å². The van der Waals surface area contributed by atoms with Gasteiger partial charge in [-0.25, -0.2) is 4.98 Å². The third-order valence-electron chi connectivity index (χ3n) is 4.27. The highest BCUT2D eigenvalue weighted by atomic mass is 127. The molecule has 0 aromatic carbocycles. The van der Waals surface area contributed by atoms with Crippen LogP contribution in [0.3, 0.4) is 0 Å². The molecule has 0 amide bonds. The highest BCUT2D eigenvalue weighted by Crippen LogP contribution is 2.29. The molecule has 2 heterocycles. The number of likely N-dealkylation sites (tertiary alicyclic amines) is 1. The molecule has 2 N–H and O–H groups in total. The van der Waals surface area contributed by atoms with Gasteiger partial charge in [0.1, 0.15) is 0 Å². The zero-order valence-corrected chi connectivity index (χ0v) is 16.1. The van der Waals surface area contributed by atoms with Crippen molar-refractivity contribution in [2.24, 2.45) is 4.99 Å². The van der Waals surface area contributed by atoms with Crippen molar-refractivity contribution in [1.29, 1.82) is 0 Å². The van der Waals surface area contributed by atoms with Gasteiger partial charge in [-0.3, -0.25) is 9.89 Å². The first-order valence-corrected chi connectivity index (χ1v) is 7.99. The Morgan fingerprint density at radius 1 is 1.39 bits per heavy atom. The van der Waals surface area contributed by atoms with E-state index in [0.29, 0.717) is 18.5 Å². The maximum atomic E-state index is 5.15. The number of rotatable bonds is 5. The summed E-state index contributed by atoms with van der Waals surface area (Å²) in [4.78, 5) is 11.3. The van der Waals surface area contributed by atoms with Gasteiger partial charge >= 0.3 is 0 Å². The van der Waals surface area contributed by atoms with E-state index in [2.05, 4.69) is 25.5 Å². The van der Waals surface area contributed by atoms with Gasteiger partial charge in [-0.2, -0.15) is 0 Å². The van der Waals surface area contributed by atoms with Crippen molar-refractivity contribution in [3.63, 3.8) is 0 Å². The van der Waals surface area contributed by atoms with Crippen LogP contribution in [0, 0.1) is 0 Å². The molecule has 128 valence electrons. The summed E-state index contributed by atoms with van der Waals surface area (Å²) in [6.07, 6.45) is 3.94. The van der Waals surface area contributed by atoms with Gasteiger partial charge in [0.15, 0.2) is 5.96 Å². The molecule has 1 aromatic rings. The van der Waals surface area contributed by atoms with Crippen LogP contribution in [0.15, 0.2) is 23.2 Å². The van der Waals surface area contributed by atoms with Gasteiger partial charge in [0.2, 0.25) is 5.88 Å². The summed E-state index contributed by atoms with van der Waals surface area (Å²) in [5.41, 5.74) is 0.938. The van der Waals surface area contributed by atoms with E-state index in [1.165, 1.54) is 25.8 Å². The highest BCUT2D eigenvalue weighted by Gasteiger charge is 2.34. The molecule has 1 aliphatic heterocycles. The van der Waals surface area contributed by atoms with E-state index >= 15 is 0 Å². The summed E-state index contributed by atoms with van der Waals surface area (Å²) >= 11 is 0. The molecule has 1 aromatic heterocycles. The van der Waals surface area contributed by atoms with Gasteiger partial charge < -0.3 is 15.4 Å². The third kappa shape index (κ3) is 5.20. The molecular weight excluding hydrogens is 405 g/mol. The average molecular weight is 431 g/mol. The van der Waals surface area contributed by atoms with Crippen LogP contribution in [0.25, 0.3) is 0 Å². The van der Waals surface area contributed by atoms with E-state index in [1.54, 1.807) is 7.11 Å². The second-order valence-corrected chi connectivity index (χ2v) is 5.95. The maximum Gasteiger partial charge on any atom is 0.213 e. The zero-order valence-electron chi connectivity index (χ0n) is 13.8. The van der Waals surface area contributed by atoms with Crippen molar-refractivity contribution in [2.75, 3.05) is 27.2 Å². The Morgan fingerprint density at radius 2 is 2.22 bits per heavy atom. The number of guanidine groups is 1. The Kier molecular flexibility index (Phi) is 6.88. The minimum Gasteiger partial charge on any atom is -0.481 e. The molecule has 1 saturated heterocycles. The van der Waals surface area contributed by atoms with Gasteiger partial charge in [-0.05, 0) is 25.3 Å². The fourth-order valence-electron chi connectivity index (χ4n) is 2.91. The van der Waals surface area contributed by atoms with E-state index in [-0.39, 0.29) is 24.0 Å². The van der Waals surface area contributed by atoms with Crippen LogP contribution >= 0.6 is 24.0 Å². The van der Waals surface area contributed by atoms with E-state index in [1.807, 2.05) is 25.2 Å². The zero-order chi connectivity index (χ0) is 15.4. The Bertz CT molecular complexity index is 535. The summed E-state index contributed by atoms with van der Waals surface area (Å²) in [6, 6.07) is 7.12. The molecule has 6 nitrogen and oxygen atoms in total. The number of nitrogens with zero attached hydrogens (tertiary/aromatic N) is 3. The molecule has 2 aliphatic rings. The minimum atomic E-state index is 0. The second-order valence-electron chi connectivity index (χ2n) is 5.95. The third-order valence-corrected chi connectivity index (χ3v) is 4.27. The predicted molar refractivity (Wildman–Crippen MR) is 103 cm³/mol. The summed E-state index contributed by atoms with van der Waals surface area (Å²) in [5.74, 6) is 1.48. The Hall–Kier alpha value is -1.09. The molecular formula is C16H26IN5O. The van der Waals surface area contributed by atoms with Crippen molar-refractivity contribution in [1.82, 2.24) is 20.5 Å². The van der Waals surface area contributed by atoms with Crippen molar-refractivity contribution < 1.29 is 4.74 Å². The van der Waals surface area contributed by atoms with Crippen LogP contribution in [-0.2, 0) is 6.54 Å². The fraction of sp³-hybridized carbons (Fsp3) is 0.625. The fourth-order valence-corrected chi connectivity index (χ4v) is 2.91. The van der Waals surface area contributed by atoms with Crippen LogP contribution in [0.4, 0.5) is 0 Å². The van der Waals surface area contributed by atoms with Crippen LogP contribution in [0.1, 0.15) is 25.0 Å². The number of ether oxygens (including phenoxy) is 1. The standard InChI is InChI=1S/C16H25N5O.HI/c1-17-16(18-10-12-4-3-5-15(19-12)22-2)20-13-8-9-21(11-13)14-6-7-14;/h3-5,13-14H,6-11H2,1-2H3,(H2,17,18,20);1H. The Morgan fingerprint density at radius 3 is 2.91 bits per heavy atom. The highest BCUT2D eigenvalue weighted by molar-refractivity contribution is 14.0. The lowest BCUT2D eigenvalue weighted by Crippen LogP contribution is -2.44. The molecule has 0 bridgehead atoms. The molecule has 1 unspecified atom stereocenters. The molecule has 2 fully saturated rings. The molecule has 7 heteroatoms. The number of pyridine rings is 1. The number of halogens is 1. The van der Waals surface area contributed by atoms with E-state index < -0.39 is 0 Å².